The van der Waals surface area contributed by atoms with Gasteiger partial charge in [-0.25, -0.2) is 4.98 Å². The SMILES string of the molecule is CN(CC1CCCO1)c1nc2ccccn2c1CO. The molecule has 2 aromatic heterocycles. The summed E-state index contributed by atoms with van der Waals surface area (Å²) in [6.07, 6.45) is 4.45. The molecule has 0 amide bonds. The molecule has 1 unspecified atom stereocenters. The molecule has 1 atom stereocenters. The molecule has 3 heterocycles. The number of fused-ring (bicyclic) bond motifs is 1. The van der Waals surface area contributed by atoms with Crippen LogP contribution in [0.5, 0.6) is 0 Å². The molecule has 0 aromatic carbocycles. The maximum Gasteiger partial charge on any atom is 0.153 e. The maximum atomic E-state index is 9.60. The molecule has 3 rings (SSSR count). The fourth-order valence-corrected chi connectivity index (χ4v) is 2.67. The van der Waals surface area contributed by atoms with Crippen LogP contribution in [-0.2, 0) is 11.3 Å². The van der Waals surface area contributed by atoms with Crippen LogP contribution in [0, 0.1) is 0 Å². The summed E-state index contributed by atoms with van der Waals surface area (Å²) in [7, 11) is 2.00. The molecule has 1 aliphatic heterocycles. The van der Waals surface area contributed by atoms with Crippen molar-refractivity contribution < 1.29 is 9.84 Å². The van der Waals surface area contributed by atoms with E-state index >= 15 is 0 Å². The Kier molecular flexibility index (Phi) is 3.40. The lowest BCUT2D eigenvalue weighted by atomic mass is 10.2. The van der Waals surface area contributed by atoms with Gasteiger partial charge >= 0.3 is 0 Å². The average molecular weight is 261 g/mol. The zero-order valence-electron chi connectivity index (χ0n) is 11.1. The third-order valence-electron chi connectivity index (χ3n) is 3.62. The van der Waals surface area contributed by atoms with Crippen molar-refractivity contribution in [2.24, 2.45) is 0 Å². The zero-order valence-corrected chi connectivity index (χ0v) is 11.1. The normalized spacial score (nSPS) is 19.2. The minimum absolute atomic E-state index is 0.0175. The molecular weight excluding hydrogens is 242 g/mol. The van der Waals surface area contributed by atoms with E-state index in [4.69, 9.17) is 4.74 Å². The van der Waals surface area contributed by atoms with Gasteiger partial charge in [0.2, 0.25) is 0 Å². The highest BCUT2D eigenvalue weighted by Gasteiger charge is 2.21. The average Bonchev–Trinajstić information content (AvgIpc) is 3.04. The van der Waals surface area contributed by atoms with E-state index in [1.165, 1.54) is 0 Å². The summed E-state index contributed by atoms with van der Waals surface area (Å²) < 4.78 is 7.59. The van der Waals surface area contributed by atoms with E-state index in [1.807, 2.05) is 35.8 Å². The highest BCUT2D eigenvalue weighted by Crippen LogP contribution is 2.22. The van der Waals surface area contributed by atoms with Crippen molar-refractivity contribution in [3.8, 4) is 0 Å². The third-order valence-corrected chi connectivity index (χ3v) is 3.62. The first-order valence-corrected chi connectivity index (χ1v) is 6.69. The van der Waals surface area contributed by atoms with Crippen LogP contribution in [0.15, 0.2) is 24.4 Å². The van der Waals surface area contributed by atoms with Gasteiger partial charge in [-0.05, 0) is 25.0 Å². The van der Waals surface area contributed by atoms with Crippen molar-refractivity contribution in [3.05, 3.63) is 30.1 Å². The van der Waals surface area contributed by atoms with Crippen molar-refractivity contribution in [1.29, 1.82) is 0 Å². The van der Waals surface area contributed by atoms with E-state index in [2.05, 4.69) is 9.88 Å². The Morgan fingerprint density at radius 1 is 1.53 bits per heavy atom. The lowest BCUT2D eigenvalue weighted by Crippen LogP contribution is -2.29. The highest BCUT2D eigenvalue weighted by atomic mass is 16.5. The van der Waals surface area contributed by atoms with Gasteiger partial charge in [0.1, 0.15) is 5.65 Å². The molecule has 0 radical (unpaired) electrons. The number of aliphatic hydroxyl groups excluding tert-OH is 1. The molecule has 1 N–H and O–H groups in total. The Hall–Kier alpha value is -1.59. The second-order valence-electron chi connectivity index (χ2n) is 4.98. The summed E-state index contributed by atoms with van der Waals surface area (Å²) in [6.45, 7) is 1.66. The maximum absolute atomic E-state index is 9.60. The minimum atomic E-state index is -0.0175. The van der Waals surface area contributed by atoms with Crippen LogP contribution < -0.4 is 4.90 Å². The molecule has 0 aliphatic carbocycles. The number of rotatable bonds is 4. The Bertz CT molecular complexity index is 561. The van der Waals surface area contributed by atoms with Crippen LogP contribution >= 0.6 is 0 Å². The van der Waals surface area contributed by atoms with E-state index in [9.17, 15) is 5.11 Å². The van der Waals surface area contributed by atoms with Crippen LogP contribution in [0.25, 0.3) is 5.65 Å². The zero-order chi connectivity index (χ0) is 13.2. The van der Waals surface area contributed by atoms with Crippen LogP contribution in [0.3, 0.4) is 0 Å². The smallest absolute Gasteiger partial charge is 0.153 e. The van der Waals surface area contributed by atoms with Gasteiger partial charge in [0.05, 0.1) is 18.4 Å². The van der Waals surface area contributed by atoms with E-state index in [1.54, 1.807) is 0 Å². The van der Waals surface area contributed by atoms with Gasteiger partial charge in [-0.15, -0.1) is 0 Å². The number of aromatic nitrogens is 2. The third kappa shape index (κ3) is 2.31. The lowest BCUT2D eigenvalue weighted by molar-refractivity contribution is 0.116. The fraction of sp³-hybridized carbons (Fsp3) is 0.500. The number of pyridine rings is 1. The summed E-state index contributed by atoms with van der Waals surface area (Å²) in [5.74, 6) is 0.837. The first kappa shape index (κ1) is 12.4. The Labute approximate surface area is 112 Å². The van der Waals surface area contributed by atoms with Crippen LogP contribution in [-0.4, -0.2) is 40.8 Å². The fourth-order valence-electron chi connectivity index (χ4n) is 2.67. The molecule has 2 aromatic rings. The molecule has 0 bridgehead atoms. The molecule has 1 fully saturated rings. The molecular formula is C14H19N3O2. The molecule has 0 saturated carbocycles. The summed E-state index contributed by atoms with van der Waals surface area (Å²) >= 11 is 0. The molecule has 0 spiro atoms. The second kappa shape index (κ2) is 5.19. The Balaban J connectivity index is 1.90. The van der Waals surface area contributed by atoms with Crippen molar-refractivity contribution in [3.63, 3.8) is 0 Å². The number of imidazole rings is 1. The summed E-state index contributed by atoms with van der Waals surface area (Å²) in [4.78, 5) is 6.68. The van der Waals surface area contributed by atoms with Crippen molar-refractivity contribution >= 4 is 11.5 Å². The van der Waals surface area contributed by atoms with Crippen molar-refractivity contribution in [1.82, 2.24) is 9.38 Å². The first-order chi connectivity index (χ1) is 9.29. The number of ether oxygens (including phenoxy) is 1. The number of hydrogen-bond donors (Lipinski definition) is 1. The van der Waals surface area contributed by atoms with E-state index in [0.717, 1.165) is 43.2 Å². The van der Waals surface area contributed by atoms with Gasteiger partial charge in [0.15, 0.2) is 5.82 Å². The van der Waals surface area contributed by atoms with Gasteiger partial charge in [-0.2, -0.15) is 0 Å². The molecule has 1 saturated heterocycles. The monoisotopic (exact) mass is 261 g/mol. The molecule has 1 aliphatic rings. The van der Waals surface area contributed by atoms with Crippen molar-refractivity contribution in [2.75, 3.05) is 25.1 Å². The summed E-state index contributed by atoms with van der Waals surface area (Å²) in [5, 5.41) is 9.60. The summed E-state index contributed by atoms with van der Waals surface area (Å²) in [5.41, 5.74) is 1.69. The number of hydrogen-bond acceptors (Lipinski definition) is 4. The molecule has 5 nitrogen and oxygen atoms in total. The Morgan fingerprint density at radius 2 is 2.42 bits per heavy atom. The van der Waals surface area contributed by atoms with Crippen LogP contribution in [0.1, 0.15) is 18.5 Å². The predicted molar refractivity (Wildman–Crippen MR) is 73.4 cm³/mol. The van der Waals surface area contributed by atoms with Gasteiger partial charge in [0, 0.05) is 26.4 Å². The first-order valence-electron chi connectivity index (χ1n) is 6.69. The van der Waals surface area contributed by atoms with E-state index < -0.39 is 0 Å². The second-order valence-corrected chi connectivity index (χ2v) is 4.98. The Morgan fingerprint density at radius 3 is 3.16 bits per heavy atom. The van der Waals surface area contributed by atoms with Gasteiger partial charge in [-0.3, -0.25) is 4.40 Å². The highest BCUT2D eigenvalue weighted by molar-refractivity contribution is 5.55. The van der Waals surface area contributed by atoms with E-state index in [-0.39, 0.29) is 12.7 Å². The van der Waals surface area contributed by atoms with Gasteiger partial charge in [0.25, 0.3) is 0 Å². The largest absolute Gasteiger partial charge is 0.390 e. The van der Waals surface area contributed by atoms with Gasteiger partial charge < -0.3 is 14.7 Å². The molecule has 5 heteroatoms. The van der Waals surface area contributed by atoms with Crippen molar-refractivity contribution in [2.45, 2.75) is 25.6 Å². The number of anilines is 1. The minimum Gasteiger partial charge on any atom is -0.390 e. The quantitative estimate of drug-likeness (QED) is 0.905. The number of aliphatic hydroxyl groups is 1. The van der Waals surface area contributed by atoms with Crippen LogP contribution in [0.4, 0.5) is 5.82 Å². The molecule has 19 heavy (non-hydrogen) atoms. The topological polar surface area (TPSA) is 50.0 Å². The number of likely N-dealkylation sites (N-methyl/N-ethyl adjacent to an activating group) is 1. The summed E-state index contributed by atoms with van der Waals surface area (Å²) in [6, 6.07) is 5.84. The van der Waals surface area contributed by atoms with Gasteiger partial charge in [-0.1, -0.05) is 6.07 Å². The standard InChI is InChI=1S/C14H19N3O2/c1-16(9-11-5-4-8-19-11)14-12(10-18)17-7-3-2-6-13(17)15-14/h2-3,6-7,11,18H,4-5,8-10H2,1H3. The predicted octanol–water partition coefficient (Wildman–Crippen LogP) is 1.44. The lowest BCUT2D eigenvalue weighted by Gasteiger charge is -2.21. The number of nitrogens with zero attached hydrogens (tertiary/aromatic N) is 3. The molecule has 102 valence electrons. The van der Waals surface area contributed by atoms with E-state index in [0.29, 0.717) is 0 Å². The van der Waals surface area contributed by atoms with Crippen LogP contribution in [0.2, 0.25) is 0 Å².